The Bertz CT molecular complexity index is 424. The van der Waals surface area contributed by atoms with Crippen LogP contribution >= 0.6 is 23.2 Å². The van der Waals surface area contributed by atoms with Crippen LogP contribution in [-0.4, -0.2) is 17.6 Å². The zero-order chi connectivity index (χ0) is 11.5. The molecule has 1 aromatic rings. The molecule has 84 valence electrons. The average Bonchev–Trinajstić information content (AvgIpc) is 3.05. The van der Waals surface area contributed by atoms with Crippen LogP contribution in [0.5, 0.6) is 0 Å². The number of hydrogen-bond acceptors (Lipinski definition) is 3. The number of halogens is 2. The van der Waals surface area contributed by atoms with Crippen LogP contribution in [0.25, 0.3) is 0 Å². The van der Waals surface area contributed by atoms with E-state index in [9.17, 15) is 0 Å². The molecule has 0 amide bonds. The average molecular weight is 256 g/mol. The summed E-state index contributed by atoms with van der Waals surface area (Å²) in [6.45, 7) is 0.676. The van der Waals surface area contributed by atoms with Crippen molar-refractivity contribution in [1.82, 2.24) is 4.98 Å². The smallest absolute Gasteiger partial charge is 0.147 e. The second-order valence-electron chi connectivity index (χ2n) is 3.79. The first kappa shape index (κ1) is 11.5. The molecular formula is C11H11Cl2N3. The van der Waals surface area contributed by atoms with Crippen molar-refractivity contribution in [3.63, 3.8) is 0 Å². The highest BCUT2D eigenvalue weighted by atomic mass is 35.5. The van der Waals surface area contributed by atoms with E-state index in [2.05, 4.69) is 16.0 Å². The summed E-state index contributed by atoms with van der Waals surface area (Å²) in [5.74, 6) is 0.740. The summed E-state index contributed by atoms with van der Waals surface area (Å²) in [5.41, 5.74) is 0. The van der Waals surface area contributed by atoms with Gasteiger partial charge in [0.15, 0.2) is 0 Å². The zero-order valence-electron chi connectivity index (χ0n) is 8.66. The Labute approximate surface area is 105 Å². The Hall–Kier alpha value is -0.980. The van der Waals surface area contributed by atoms with Crippen LogP contribution in [0.15, 0.2) is 12.3 Å². The van der Waals surface area contributed by atoms with Gasteiger partial charge in [0.05, 0.1) is 22.5 Å². The van der Waals surface area contributed by atoms with Crippen molar-refractivity contribution in [1.29, 1.82) is 5.26 Å². The Kier molecular flexibility index (Phi) is 3.52. The number of nitrogens with zero attached hydrogens (tertiary/aromatic N) is 3. The Morgan fingerprint density at radius 1 is 1.50 bits per heavy atom. The maximum Gasteiger partial charge on any atom is 0.147 e. The third-order valence-corrected chi connectivity index (χ3v) is 3.00. The molecule has 1 aliphatic carbocycles. The minimum absolute atomic E-state index is 0.483. The highest BCUT2D eigenvalue weighted by molar-refractivity contribution is 6.36. The summed E-state index contributed by atoms with van der Waals surface area (Å²) in [6, 6.07) is 4.32. The second-order valence-corrected chi connectivity index (χ2v) is 4.64. The van der Waals surface area contributed by atoms with Crippen LogP contribution in [0.1, 0.15) is 19.3 Å². The molecule has 5 heteroatoms. The molecule has 0 bridgehead atoms. The van der Waals surface area contributed by atoms with Crippen molar-refractivity contribution >= 4 is 29.0 Å². The Morgan fingerprint density at radius 2 is 2.25 bits per heavy atom. The lowest BCUT2D eigenvalue weighted by Crippen LogP contribution is -2.27. The fourth-order valence-corrected chi connectivity index (χ4v) is 2.13. The van der Waals surface area contributed by atoms with E-state index in [0.717, 1.165) is 18.7 Å². The van der Waals surface area contributed by atoms with Gasteiger partial charge in [-0.2, -0.15) is 5.26 Å². The van der Waals surface area contributed by atoms with E-state index in [0.29, 0.717) is 29.1 Å². The fourth-order valence-electron chi connectivity index (χ4n) is 1.64. The molecule has 1 saturated carbocycles. The predicted octanol–water partition coefficient (Wildman–Crippen LogP) is 3.27. The van der Waals surface area contributed by atoms with Crippen LogP contribution in [-0.2, 0) is 0 Å². The van der Waals surface area contributed by atoms with Crippen molar-refractivity contribution in [2.75, 3.05) is 11.4 Å². The molecule has 3 nitrogen and oxygen atoms in total. The van der Waals surface area contributed by atoms with Gasteiger partial charge in [-0.15, -0.1) is 0 Å². The molecule has 1 heterocycles. The summed E-state index contributed by atoms with van der Waals surface area (Å²) < 4.78 is 0. The largest absolute Gasteiger partial charge is 0.351 e. The van der Waals surface area contributed by atoms with Gasteiger partial charge >= 0.3 is 0 Å². The molecule has 16 heavy (non-hydrogen) atoms. The van der Waals surface area contributed by atoms with Gasteiger partial charge in [-0.1, -0.05) is 23.2 Å². The van der Waals surface area contributed by atoms with Crippen LogP contribution in [0.4, 0.5) is 5.82 Å². The molecule has 0 unspecified atom stereocenters. The monoisotopic (exact) mass is 255 g/mol. The Balaban J connectivity index is 2.21. The van der Waals surface area contributed by atoms with Gasteiger partial charge in [-0.05, 0) is 18.9 Å². The maximum absolute atomic E-state index is 8.63. The molecule has 0 aliphatic heterocycles. The van der Waals surface area contributed by atoms with E-state index < -0.39 is 0 Å². The number of nitriles is 1. The normalized spacial score (nSPS) is 14.6. The third-order valence-electron chi connectivity index (χ3n) is 2.51. The standard InChI is InChI=1S/C11H11Cl2N3/c12-8-6-10(13)11(15-7-8)16(5-1-4-14)9-2-3-9/h6-7,9H,1-3,5H2. The highest BCUT2D eigenvalue weighted by Gasteiger charge is 2.30. The predicted molar refractivity (Wildman–Crippen MR) is 64.9 cm³/mol. The fraction of sp³-hybridized carbons (Fsp3) is 0.455. The number of rotatable bonds is 4. The molecule has 0 saturated heterocycles. The molecule has 1 fully saturated rings. The summed E-state index contributed by atoms with van der Waals surface area (Å²) >= 11 is 11.9. The summed E-state index contributed by atoms with van der Waals surface area (Å²) in [7, 11) is 0. The number of aromatic nitrogens is 1. The van der Waals surface area contributed by atoms with E-state index in [1.807, 2.05) is 0 Å². The van der Waals surface area contributed by atoms with Crippen molar-refractivity contribution in [3.05, 3.63) is 22.3 Å². The summed E-state index contributed by atoms with van der Waals surface area (Å²) in [5, 5.41) is 9.71. The van der Waals surface area contributed by atoms with Gasteiger partial charge in [-0.3, -0.25) is 0 Å². The molecule has 1 aliphatic rings. The Morgan fingerprint density at radius 3 is 2.81 bits per heavy atom. The first-order valence-corrected chi connectivity index (χ1v) is 5.92. The molecular weight excluding hydrogens is 245 g/mol. The lowest BCUT2D eigenvalue weighted by Gasteiger charge is -2.23. The van der Waals surface area contributed by atoms with Crippen molar-refractivity contribution in [3.8, 4) is 6.07 Å². The van der Waals surface area contributed by atoms with Gasteiger partial charge in [0.25, 0.3) is 0 Å². The van der Waals surface area contributed by atoms with Gasteiger partial charge in [-0.25, -0.2) is 4.98 Å². The minimum atomic E-state index is 0.483. The first-order valence-electron chi connectivity index (χ1n) is 5.17. The summed E-state index contributed by atoms with van der Waals surface area (Å²) in [6.07, 6.45) is 4.36. The van der Waals surface area contributed by atoms with E-state index in [1.54, 1.807) is 12.3 Å². The summed E-state index contributed by atoms with van der Waals surface area (Å²) in [4.78, 5) is 6.34. The second kappa shape index (κ2) is 4.90. The zero-order valence-corrected chi connectivity index (χ0v) is 10.2. The van der Waals surface area contributed by atoms with Gasteiger partial charge in [0.1, 0.15) is 5.82 Å². The number of pyridine rings is 1. The molecule has 0 atom stereocenters. The van der Waals surface area contributed by atoms with E-state index in [4.69, 9.17) is 28.5 Å². The number of hydrogen-bond donors (Lipinski definition) is 0. The SMILES string of the molecule is N#CCCN(c1ncc(Cl)cc1Cl)C1CC1. The first-order chi connectivity index (χ1) is 7.72. The van der Waals surface area contributed by atoms with E-state index in [1.165, 1.54) is 0 Å². The third kappa shape index (κ3) is 2.58. The lowest BCUT2D eigenvalue weighted by atomic mass is 10.3. The van der Waals surface area contributed by atoms with Crippen LogP contribution in [0.2, 0.25) is 10.0 Å². The highest BCUT2D eigenvalue weighted by Crippen LogP contribution is 2.35. The van der Waals surface area contributed by atoms with Crippen molar-refractivity contribution in [2.45, 2.75) is 25.3 Å². The lowest BCUT2D eigenvalue weighted by molar-refractivity contribution is 0.778. The van der Waals surface area contributed by atoms with E-state index >= 15 is 0 Å². The van der Waals surface area contributed by atoms with Crippen LogP contribution in [0.3, 0.4) is 0 Å². The van der Waals surface area contributed by atoms with Crippen molar-refractivity contribution in [2.24, 2.45) is 0 Å². The maximum atomic E-state index is 8.63. The molecule has 1 aromatic heterocycles. The molecule has 0 radical (unpaired) electrons. The molecule has 0 spiro atoms. The van der Waals surface area contributed by atoms with E-state index in [-0.39, 0.29) is 0 Å². The quantitative estimate of drug-likeness (QED) is 0.829. The van der Waals surface area contributed by atoms with Gasteiger partial charge in [0.2, 0.25) is 0 Å². The minimum Gasteiger partial charge on any atom is -0.351 e. The molecule has 2 rings (SSSR count). The van der Waals surface area contributed by atoms with Crippen LogP contribution < -0.4 is 4.90 Å². The van der Waals surface area contributed by atoms with Crippen molar-refractivity contribution < 1.29 is 0 Å². The number of anilines is 1. The van der Waals surface area contributed by atoms with Gasteiger partial charge < -0.3 is 4.90 Å². The molecule has 0 N–H and O–H groups in total. The van der Waals surface area contributed by atoms with Gasteiger partial charge in [0, 0.05) is 18.8 Å². The van der Waals surface area contributed by atoms with Crippen LogP contribution in [0, 0.1) is 11.3 Å². The molecule has 0 aromatic carbocycles. The topological polar surface area (TPSA) is 39.9 Å².